The predicted molar refractivity (Wildman–Crippen MR) is 108 cm³/mol. The van der Waals surface area contributed by atoms with Crippen LogP contribution in [-0.4, -0.2) is 35.6 Å². The Morgan fingerprint density at radius 3 is 2.39 bits per heavy atom. The first-order valence-corrected chi connectivity index (χ1v) is 9.66. The Morgan fingerprint density at radius 1 is 1.07 bits per heavy atom. The van der Waals surface area contributed by atoms with Crippen LogP contribution in [-0.2, 0) is 0 Å². The van der Waals surface area contributed by atoms with Gasteiger partial charge in [-0.05, 0) is 55.2 Å². The van der Waals surface area contributed by atoms with Gasteiger partial charge in [0.1, 0.15) is 5.75 Å². The summed E-state index contributed by atoms with van der Waals surface area (Å²) in [4.78, 5) is 0. The van der Waals surface area contributed by atoms with Crippen LogP contribution in [0.2, 0.25) is 0 Å². The fourth-order valence-corrected chi connectivity index (χ4v) is 4.74. The summed E-state index contributed by atoms with van der Waals surface area (Å²) >= 11 is 0. The Morgan fingerprint density at radius 2 is 1.75 bits per heavy atom. The molecule has 0 radical (unpaired) electrons. The van der Waals surface area contributed by atoms with Crippen LogP contribution in [0.25, 0.3) is 0 Å². The molecule has 0 fully saturated rings. The molecule has 28 heavy (non-hydrogen) atoms. The molecule has 2 aromatic carbocycles. The van der Waals surface area contributed by atoms with Crippen molar-refractivity contribution in [3.63, 3.8) is 0 Å². The van der Waals surface area contributed by atoms with Gasteiger partial charge < -0.3 is 10.1 Å². The van der Waals surface area contributed by atoms with Crippen molar-refractivity contribution in [3.05, 3.63) is 48.5 Å². The second-order valence-corrected chi connectivity index (χ2v) is 7.66. The minimum atomic E-state index is -4.83. The average molecular weight is 440 g/mol. The number of para-hydroxylation sites is 2. The van der Waals surface area contributed by atoms with E-state index in [1.165, 1.54) is 20.7 Å². The lowest BCUT2D eigenvalue weighted by Gasteiger charge is -2.43. The summed E-state index contributed by atoms with van der Waals surface area (Å²) in [6.07, 6.45) is -4.17. The van der Waals surface area contributed by atoms with Crippen LogP contribution < -0.4 is 18.7 Å². The van der Waals surface area contributed by atoms with E-state index in [0.717, 1.165) is 12.1 Å². The van der Waals surface area contributed by atoms with E-state index in [2.05, 4.69) is 10.1 Å². The minimum absolute atomic E-state index is 0. The quantitative estimate of drug-likeness (QED) is 0.540. The van der Waals surface area contributed by atoms with Crippen LogP contribution in [0.1, 0.15) is 6.42 Å². The first-order chi connectivity index (χ1) is 12.7. The predicted octanol–water partition coefficient (Wildman–Crippen LogP) is 5.16. The number of fused-ring (bicyclic) bond motifs is 1. The molecule has 0 atom stereocenters. The van der Waals surface area contributed by atoms with Crippen molar-refractivity contribution in [1.82, 2.24) is 5.32 Å². The molecule has 0 bridgehead atoms. The molecule has 1 aliphatic heterocycles. The molecule has 0 saturated heterocycles. The lowest BCUT2D eigenvalue weighted by molar-refractivity contribution is -0.274. The average Bonchev–Trinajstić information content (AvgIpc) is 2.80. The fraction of sp³-hybridized carbons (Fsp3) is 0.294. The number of nitrogens with one attached hydrogen (secondary N) is 1. The number of benzene rings is 2. The van der Waals surface area contributed by atoms with Crippen LogP contribution in [0.15, 0.2) is 48.5 Å². The normalized spacial score (nSPS) is 16.4. The highest BCUT2D eigenvalue weighted by Crippen LogP contribution is 2.64. The standard InChI is InChI=1S/C17H20F3N3O3S.ClH/c1-21-10-5-11-22-15-8-2-3-9-16(15)23(27(22,24)25)13-6-4-7-14(12-13)26-17(18,19)20;/h2-4,6-9,12,21,24-25H,5,10-11H2,1H3;1H. The van der Waals surface area contributed by atoms with E-state index in [9.17, 15) is 22.3 Å². The summed E-state index contributed by atoms with van der Waals surface area (Å²) in [5.74, 6) is -0.429. The van der Waals surface area contributed by atoms with Crippen molar-refractivity contribution in [2.75, 3.05) is 28.7 Å². The number of halogens is 4. The van der Waals surface area contributed by atoms with E-state index in [1.807, 2.05) is 0 Å². The van der Waals surface area contributed by atoms with E-state index in [0.29, 0.717) is 30.9 Å². The van der Waals surface area contributed by atoms with Gasteiger partial charge in [-0.1, -0.05) is 18.2 Å². The van der Waals surface area contributed by atoms with Crippen molar-refractivity contribution in [3.8, 4) is 5.75 Å². The number of hydrogen-bond donors (Lipinski definition) is 3. The third-order valence-corrected chi connectivity index (χ3v) is 5.85. The van der Waals surface area contributed by atoms with Crippen LogP contribution in [0.4, 0.5) is 30.2 Å². The van der Waals surface area contributed by atoms with Crippen molar-refractivity contribution in [2.24, 2.45) is 0 Å². The van der Waals surface area contributed by atoms with Crippen molar-refractivity contribution < 1.29 is 27.0 Å². The molecule has 11 heteroatoms. The first kappa shape index (κ1) is 22.4. The number of anilines is 3. The number of hydrogen-bond acceptors (Lipinski definition) is 6. The topological polar surface area (TPSA) is 68.2 Å². The molecule has 0 spiro atoms. The second-order valence-electron chi connectivity index (χ2n) is 5.88. The van der Waals surface area contributed by atoms with Gasteiger partial charge in [0.15, 0.2) is 0 Å². The lowest BCUT2D eigenvalue weighted by Crippen LogP contribution is -2.32. The number of nitrogens with zero attached hydrogens (tertiary/aromatic N) is 2. The Balaban J connectivity index is 0.00000280. The SMILES string of the molecule is CNCCCN1c2ccccc2N(c2cccc(OC(F)(F)F)c2)S1(O)O.Cl. The molecule has 3 N–H and O–H groups in total. The van der Waals surface area contributed by atoms with Crippen LogP contribution >= 0.6 is 23.4 Å². The monoisotopic (exact) mass is 439 g/mol. The molecule has 0 saturated carbocycles. The molecule has 0 unspecified atom stereocenters. The number of rotatable bonds is 6. The zero-order valence-corrected chi connectivity index (χ0v) is 16.5. The lowest BCUT2D eigenvalue weighted by atomic mass is 10.2. The summed E-state index contributed by atoms with van der Waals surface area (Å²) in [5.41, 5.74) is 1.31. The summed E-state index contributed by atoms with van der Waals surface area (Å²) in [6.45, 7) is 1.05. The highest BCUT2D eigenvalue weighted by atomic mass is 35.5. The maximum atomic E-state index is 12.5. The molecule has 156 valence electrons. The number of ether oxygens (including phenoxy) is 1. The smallest absolute Gasteiger partial charge is 0.406 e. The van der Waals surface area contributed by atoms with Gasteiger partial charge in [0.25, 0.3) is 0 Å². The third kappa shape index (κ3) is 4.58. The first-order valence-electron chi connectivity index (χ1n) is 8.19. The molecular weight excluding hydrogens is 419 g/mol. The van der Waals surface area contributed by atoms with Crippen molar-refractivity contribution in [1.29, 1.82) is 0 Å². The van der Waals surface area contributed by atoms with Gasteiger partial charge in [0.2, 0.25) is 0 Å². The van der Waals surface area contributed by atoms with Gasteiger partial charge in [-0.3, -0.25) is 13.4 Å². The van der Waals surface area contributed by atoms with Crippen LogP contribution in [0.5, 0.6) is 5.75 Å². The molecule has 0 aliphatic carbocycles. The van der Waals surface area contributed by atoms with Gasteiger partial charge in [-0.2, -0.15) is 0 Å². The molecule has 0 amide bonds. The largest absolute Gasteiger partial charge is 0.573 e. The van der Waals surface area contributed by atoms with Crippen molar-refractivity contribution in [2.45, 2.75) is 12.8 Å². The fourth-order valence-electron chi connectivity index (χ4n) is 2.94. The van der Waals surface area contributed by atoms with Gasteiger partial charge in [-0.25, -0.2) is 4.31 Å². The summed E-state index contributed by atoms with van der Waals surface area (Å²) in [5, 5.41) is 3.00. The van der Waals surface area contributed by atoms with E-state index in [4.69, 9.17) is 0 Å². The molecule has 1 heterocycles. The Hall–Kier alpha value is -1.85. The molecular formula is C17H21ClF3N3O3S. The van der Waals surface area contributed by atoms with Gasteiger partial charge >= 0.3 is 6.36 Å². The van der Waals surface area contributed by atoms with Crippen molar-refractivity contribution >= 4 is 40.4 Å². The van der Waals surface area contributed by atoms with Crippen LogP contribution in [0.3, 0.4) is 0 Å². The zero-order valence-electron chi connectivity index (χ0n) is 14.9. The summed E-state index contributed by atoms with van der Waals surface area (Å²) in [7, 11) is -1.68. The van der Waals surface area contributed by atoms with Crippen LogP contribution in [0, 0.1) is 0 Å². The Kier molecular flexibility index (Phi) is 6.94. The van der Waals surface area contributed by atoms with Gasteiger partial charge in [0.05, 0.1) is 17.1 Å². The highest BCUT2D eigenvalue weighted by Gasteiger charge is 2.41. The third-order valence-electron chi connectivity index (χ3n) is 3.98. The maximum absolute atomic E-state index is 12.5. The molecule has 6 nitrogen and oxygen atoms in total. The summed E-state index contributed by atoms with van der Waals surface area (Å²) < 4.78 is 66.1. The van der Waals surface area contributed by atoms with E-state index in [1.54, 1.807) is 31.3 Å². The molecule has 3 rings (SSSR count). The van der Waals surface area contributed by atoms with E-state index in [-0.39, 0.29) is 18.1 Å². The minimum Gasteiger partial charge on any atom is -0.406 e. The van der Waals surface area contributed by atoms with E-state index >= 15 is 0 Å². The summed E-state index contributed by atoms with van der Waals surface area (Å²) in [6, 6.07) is 12.1. The highest BCUT2D eigenvalue weighted by molar-refractivity contribution is 8.27. The maximum Gasteiger partial charge on any atom is 0.573 e. The zero-order chi connectivity index (χ0) is 19.7. The Labute approximate surface area is 168 Å². The molecule has 2 aromatic rings. The van der Waals surface area contributed by atoms with E-state index < -0.39 is 23.1 Å². The molecule has 0 aromatic heterocycles. The second kappa shape index (κ2) is 8.66. The number of alkyl halides is 3. The van der Waals surface area contributed by atoms with Gasteiger partial charge in [0, 0.05) is 12.6 Å². The van der Waals surface area contributed by atoms with Gasteiger partial charge in [-0.15, -0.1) is 25.6 Å². The Bertz CT molecular complexity index is 810. The molecule has 1 aliphatic rings.